The van der Waals surface area contributed by atoms with Gasteiger partial charge < -0.3 is 16.0 Å². The summed E-state index contributed by atoms with van der Waals surface area (Å²) in [6.07, 6.45) is 5.24. The van der Waals surface area contributed by atoms with Crippen LogP contribution in [0.1, 0.15) is 26.1 Å². The molecular formula is C11H20N4O. The van der Waals surface area contributed by atoms with Crippen molar-refractivity contribution in [3.63, 3.8) is 0 Å². The van der Waals surface area contributed by atoms with Crippen LogP contribution in [-0.2, 0) is 11.2 Å². The Balaban J connectivity index is 2.18. The first-order valence-corrected chi connectivity index (χ1v) is 5.53. The van der Waals surface area contributed by atoms with E-state index in [9.17, 15) is 4.79 Å². The summed E-state index contributed by atoms with van der Waals surface area (Å²) in [6, 6.07) is 0. The molecule has 16 heavy (non-hydrogen) atoms. The minimum absolute atomic E-state index is 0.00875. The van der Waals surface area contributed by atoms with Crippen LogP contribution in [0.4, 0.5) is 0 Å². The average molecular weight is 224 g/mol. The first-order chi connectivity index (χ1) is 7.56. The maximum atomic E-state index is 11.6. The van der Waals surface area contributed by atoms with Crippen LogP contribution in [0.2, 0.25) is 0 Å². The number of amides is 1. The van der Waals surface area contributed by atoms with Gasteiger partial charge >= 0.3 is 0 Å². The first-order valence-electron chi connectivity index (χ1n) is 5.53. The summed E-state index contributed by atoms with van der Waals surface area (Å²) in [7, 11) is 0. The van der Waals surface area contributed by atoms with E-state index in [1.54, 1.807) is 12.4 Å². The summed E-state index contributed by atoms with van der Waals surface area (Å²) in [5.74, 6) is 0.960. The molecule has 1 aromatic heterocycles. The molecule has 1 rings (SSSR count). The number of rotatable bonds is 6. The number of aromatic nitrogens is 2. The summed E-state index contributed by atoms with van der Waals surface area (Å²) in [5.41, 5.74) is 5.03. The van der Waals surface area contributed by atoms with E-state index < -0.39 is 5.41 Å². The van der Waals surface area contributed by atoms with Gasteiger partial charge in [-0.2, -0.15) is 0 Å². The Bertz CT molecular complexity index is 319. The molecule has 0 aliphatic rings. The van der Waals surface area contributed by atoms with Crippen molar-refractivity contribution in [2.45, 2.75) is 26.7 Å². The Morgan fingerprint density at radius 3 is 2.94 bits per heavy atom. The van der Waals surface area contributed by atoms with Gasteiger partial charge in [0, 0.05) is 31.9 Å². The lowest BCUT2D eigenvalue weighted by molar-refractivity contribution is -0.128. The smallest absolute Gasteiger partial charge is 0.226 e. The number of hydrogen-bond acceptors (Lipinski definition) is 3. The summed E-state index contributed by atoms with van der Waals surface area (Å²) in [4.78, 5) is 18.8. The van der Waals surface area contributed by atoms with Gasteiger partial charge in [-0.1, -0.05) is 0 Å². The van der Waals surface area contributed by atoms with Gasteiger partial charge in [0.2, 0.25) is 5.91 Å². The van der Waals surface area contributed by atoms with E-state index in [0.717, 1.165) is 18.7 Å². The molecule has 0 atom stereocenters. The number of nitrogens with one attached hydrogen (secondary N) is 2. The van der Waals surface area contributed by atoms with Gasteiger partial charge in [-0.3, -0.25) is 4.79 Å². The van der Waals surface area contributed by atoms with Crippen molar-refractivity contribution in [1.29, 1.82) is 0 Å². The zero-order valence-electron chi connectivity index (χ0n) is 9.92. The van der Waals surface area contributed by atoms with Crippen molar-refractivity contribution in [1.82, 2.24) is 15.3 Å². The topological polar surface area (TPSA) is 83.8 Å². The Kier molecular flexibility index (Phi) is 4.49. The molecule has 5 nitrogen and oxygen atoms in total. The molecule has 0 aliphatic heterocycles. The second kappa shape index (κ2) is 5.65. The summed E-state index contributed by atoms with van der Waals surface area (Å²) in [5, 5.41) is 2.88. The molecule has 0 spiro atoms. The molecule has 0 radical (unpaired) electrons. The third-order valence-corrected chi connectivity index (χ3v) is 2.56. The zero-order chi connectivity index (χ0) is 12.0. The summed E-state index contributed by atoms with van der Waals surface area (Å²) >= 11 is 0. The fourth-order valence-corrected chi connectivity index (χ4v) is 1.22. The van der Waals surface area contributed by atoms with Gasteiger partial charge in [-0.05, 0) is 20.3 Å². The van der Waals surface area contributed by atoms with Crippen LogP contribution in [0, 0.1) is 5.41 Å². The van der Waals surface area contributed by atoms with E-state index in [4.69, 9.17) is 5.73 Å². The Morgan fingerprint density at radius 2 is 2.38 bits per heavy atom. The maximum absolute atomic E-state index is 11.6. The average Bonchev–Trinajstić information content (AvgIpc) is 2.76. The van der Waals surface area contributed by atoms with Crippen molar-refractivity contribution >= 4 is 5.91 Å². The van der Waals surface area contributed by atoms with E-state index in [1.807, 2.05) is 13.8 Å². The molecule has 0 fully saturated rings. The molecule has 1 heterocycles. The lowest BCUT2D eigenvalue weighted by Gasteiger charge is -2.21. The first kappa shape index (κ1) is 12.7. The van der Waals surface area contributed by atoms with E-state index in [1.165, 1.54) is 0 Å². The zero-order valence-corrected chi connectivity index (χ0v) is 9.92. The molecule has 0 unspecified atom stereocenters. The lowest BCUT2D eigenvalue weighted by atomic mass is 9.93. The molecule has 4 N–H and O–H groups in total. The van der Waals surface area contributed by atoms with E-state index in [2.05, 4.69) is 15.3 Å². The molecular weight excluding hydrogens is 204 g/mol. The Hall–Kier alpha value is -1.36. The van der Waals surface area contributed by atoms with Gasteiger partial charge in [0.15, 0.2) is 0 Å². The van der Waals surface area contributed by atoms with Crippen molar-refractivity contribution < 1.29 is 4.79 Å². The van der Waals surface area contributed by atoms with Crippen LogP contribution in [0.5, 0.6) is 0 Å². The molecule has 0 saturated carbocycles. The molecule has 0 bridgehead atoms. The van der Waals surface area contributed by atoms with Crippen LogP contribution < -0.4 is 11.1 Å². The molecule has 0 saturated heterocycles. The van der Waals surface area contributed by atoms with Gasteiger partial charge in [-0.25, -0.2) is 4.98 Å². The van der Waals surface area contributed by atoms with Gasteiger partial charge in [-0.15, -0.1) is 0 Å². The highest BCUT2D eigenvalue weighted by Gasteiger charge is 2.24. The summed E-state index contributed by atoms with van der Waals surface area (Å²) in [6.45, 7) is 4.70. The largest absolute Gasteiger partial charge is 0.356 e. The third-order valence-electron chi connectivity index (χ3n) is 2.56. The maximum Gasteiger partial charge on any atom is 0.226 e. The number of aromatic amines is 1. The molecule has 90 valence electrons. The minimum atomic E-state index is -0.481. The van der Waals surface area contributed by atoms with Crippen LogP contribution in [0.25, 0.3) is 0 Å². The van der Waals surface area contributed by atoms with Gasteiger partial charge in [0.1, 0.15) is 5.82 Å². The van der Waals surface area contributed by atoms with Crippen molar-refractivity contribution in [3.8, 4) is 0 Å². The summed E-state index contributed by atoms with van der Waals surface area (Å²) < 4.78 is 0. The number of carbonyl (C=O) groups excluding carboxylic acids is 1. The Morgan fingerprint density at radius 1 is 1.62 bits per heavy atom. The number of imidazole rings is 1. The number of carbonyl (C=O) groups is 1. The van der Waals surface area contributed by atoms with E-state index in [-0.39, 0.29) is 5.91 Å². The number of aryl methyl sites for hydroxylation is 1. The van der Waals surface area contributed by atoms with Crippen LogP contribution in [-0.4, -0.2) is 29.0 Å². The third kappa shape index (κ3) is 3.66. The highest BCUT2D eigenvalue weighted by molar-refractivity contribution is 5.81. The number of nitrogens with zero attached hydrogens (tertiary/aromatic N) is 1. The highest BCUT2D eigenvalue weighted by Crippen LogP contribution is 2.11. The number of nitrogens with two attached hydrogens (primary N) is 1. The predicted octanol–water partition coefficient (Wildman–Crippen LogP) is 0.443. The second-order valence-corrected chi connectivity index (χ2v) is 4.48. The number of H-pyrrole nitrogens is 1. The molecule has 0 aromatic carbocycles. The fourth-order valence-electron chi connectivity index (χ4n) is 1.22. The van der Waals surface area contributed by atoms with Crippen LogP contribution in [0.3, 0.4) is 0 Å². The predicted molar refractivity (Wildman–Crippen MR) is 62.8 cm³/mol. The Labute approximate surface area is 95.8 Å². The van der Waals surface area contributed by atoms with Crippen molar-refractivity contribution in [2.75, 3.05) is 13.1 Å². The minimum Gasteiger partial charge on any atom is -0.356 e. The van der Waals surface area contributed by atoms with Crippen molar-refractivity contribution in [2.24, 2.45) is 11.1 Å². The SMILES string of the molecule is CC(C)(CN)C(=O)NCCCc1ncc[nH]1. The normalized spacial score (nSPS) is 11.4. The van der Waals surface area contributed by atoms with Crippen LogP contribution in [0.15, 0.2) is 12.4 Å². The quantitative estimate of drug-likeness (QED) is 0.613. The highest BCUT2D eigenvalue weighted by atomic mass is 16.2. The van der Waals surface area contributed by atoms with Gasteiger partial charge in [0.05, 0.1) is 5.41 Å². The van der Waals surface area contributed by atoms with E-state index >= 15 is 0 Å². The standard InChI is InChI=1S/C11H20N4O/c1-11(2,8-12)10(16)15-5-3-4-9-13-6-7-14-9/h6-7H,3-5,8,12H2,1-2H3,(H,13,14)(H,15,16). The van der Waals surface area contributed by atoms with Crippen molar-refractivity contribution in [3.05, 3.63) is 18.2 Å². The molecule has 1 amide bonds. The molecule has 5 heteroatoms. The fraction of sp³-hybridized carbons (Fsp3) is 0.636. The number of hydrogen-bond donors (Lipinski definition) is 3. The second-order valence-electron chi connectivity index (χ2n) is 4.48. The molecule has 0 aliphatic carbocycles. The molecule has 1 aromatic rings. The monoisotopic (exact) mass is 224 g/mol. The van der Waals surface area contributed by atoms with Crippen LogP contribution >= 0.6 is 0 Å². The lowest BCUT2D eigenvalue weighted by Crippen LogP contribution is -2.42. The van der Waals surface area contributed by atoms with Gasteiger partial charge in [0.25, 0.3) is 0 Å². The van der Waals surface area contributed by atoms with E-state index in [0.29, 0.717) is 13.1 Å².